The zero-order chi connectivity index (χ0) is 30.8. The molecule has 0 aliphatic rings. The molecule has 42 heavy (non-hydrogen) atoms. The number of aliphatic hydroxyl groups excluding tert-OH is 1. The van der Waals surface area contributed by atoms with Gasteiger partial charge in [0.25, 0.3) is 11.8 Å². The van der Waals surface area contributed by atoms with Crippen molar-refractivity contribution >= 4 is 29.3 Å². The van der Waals surface area contributed by atoms with Crippen LogP contribution in [0.4, 0.5) is 4.39 Å². The van der Waals surface area contributed by atoms with Crippen LogP contribution < -0.4 is 11.5 Å². The first-order chi connectivity index (χ1) is 20.0. The second-order valence-electron chi connectivity index (χ2n) is 10.3. The molecule has 0 spiro atoms. The number of halogens is 2. The maximum atomic E-state index is 14.0. The highest BCUT2D eigenvalue weighted by Crippen LogP contribution is 2.19. The lowest BCUT2D eigenvalue weighted by Gasteiger charge is -2.29. The van der Waals surface area contributed by atoms with Gasteiger partial charge in [-0.25, -0.2) is 4.39 Å². The predicted molar refractivity (Wildman–Crippen MR) is 162 cm³/mol. The number of rotatable bonds is 14. The van der Waals surface area contributed by atoms with E-state index in [0.29, 0.717) is 18.7 Å². The van der Waals surface area contributed by atoms with Crippen LogP contribution in [0.25, 0.3) is 0 Å². The summed E-state index contributed by atoms with van der Waals surface area (Å²) in [7, 11) is 0. The molecular weight excluding hydrogens is 559 g/mol. The number of carbonyl (C=O) groups is 3. The van der Waals surface area contributed by atoms with Gasteiger partial charge in [0.2, 0.25) is 5.91 Å². The van der Waals surface area contributed by atoms with E-state index in [4.69, 9.17) is 23.1 Å². The molecule has 10 heteroatoms. The third kappa shape index (κ3) is 9.11. The van der Waals surface area contributed by atoms with Gasteiger partial charge in [0.15, 0.2) is 0 Å². The van der Waals surface area contributed by atoms with Gasteiger partial charge in [0.05, 0.1) is 6.10 Å². The van der Waals surface area contributed by atoms with Crippen molar-refractivity contribution in [3.05, 3.63) is 105 Å². The van der Waals surface area contributed by atoms with Crippen LogP contribution in [-0.4, -0.2) is 64.4 Å². The van der Waals surface area contributed by atoms with E-state index >= 15 is 0 Å². The fourth-order valence-corrected chi connectivity index (χ4v) is 5.00. The molecule has 3 aromatic carbocycles. The highest BCUT2D eigenvalue weighted by atomic mass is 35.5. The number of amides is 3. The van der Waals surface area contributed by atoms with E-state index in [0.717, 1.165) is 18.4 Å². The van der Waals surface area contributed by atoms with Crippen molar-refractivity contribution in [1.82, 2.24) is 9.80 Å². The number of benzene rings is 3. The zero-order valence-electron chi connectivity index (χ0n) is 23.9. The molecule has 0 saturated heterocycles. The normalized spacial score (nSPS) is 12.4. The van der Waals surface area contributed by atoms with Crippen LogP contribution in [0, 0.1) is 5.82 Å². The number of hydrogen-bond acceptors (Lipinski definition) is 5. The topological polar surface area (TPSA) is 130 Å². The fraction of sp³-hybridized carbons (Fsp3) is 0.344. The van der Waals surface area contributed by atoms with Gasteiger partial charge < -0.3 is 26.4 Å². The molecule has 0 aliphatic carbocycles. The van der Waals surface area contributed by atoms with Crippen LogP contribution in [-0.2, 0) is 13.0 Å². The molecule has 2 atom stereocenters. The number of nitrogens with zero attached hydrogens (tertiary/aromatic N) is 2. The monoisotopic (exact) mass is 596 g/mol. The Morgan fingerprint density at radius 1 is 0.857 bits per heavy atom. The van der Waals surface area contributed by atoms with E-state index < -0.39 is 29.8 Å². The summed E-state index contributed by atoms with van der Waals surface area (Å²) >= 11 is 5.97. The van der Waals surface area contributed by atoms with Crippen LogP contribution in [0.2, 0.25) is 5.02 Å². The molecule has 0 radical (unpaired) electrons. The van der Waals surface area contributed by atoms with E-state index in [9.17, 15) is 23.9 Å². The van der Waals surface area contributed by atoms with Crippen molar-refractivity contribution in [2.75, 3.05) is 19.6 Å². The van der Waals surface area contributed by atoms with Gasteiger partial charge in [0.1, 0.15) is 5.82 Å². The summed E-state index contributed by atoms with van der Waals surface area (Å²) in [6, 6.07) is 16.6. The van der Waals surface area contributed by atoms with Gasteiger partial charge in [0, 0.05) is 53.9 Å². The second-order valence-corrected chi connectivity index (χ2v) is 10.8. The van der Waals surface area contributed by atoms with Crippen molar-refractivity contribution in [2.24, 2.45) is 11.5 Å². The lowest BCUT2D eigenvalue weighted by atomic mass is 10.00. The Morgan fingerprint density at radius 2 is 1.43 bits per heavy atom. The molecule has 0 saturated carbocycles. The lowest BCUT2D eigenvalue weighted by molar-refractivity contribution is 0.0554. The van der Waals surface area contributed by atoms with Crippen molar-refractivity contribution in [3.8, 4) is 0 Å². The van der Waals surface area contributed by atoms with Crippen LogP contribution in [0.5, 0.6) is 0 Å². The van der Waals surface area contributed by atoms with Crippen molar-refractivity contribution in [2.45, 2.75) is 51.8 Å². The van der Waals surface area contributed by atoms with Crippen LogP contribution in [0.1, 0.15) is 68.9 Å². The summed E-state index contributed by atoms with van der Waals surface area (Å²) in [6.07, 6.45) is 0.423. The molecule has 0 aromatic heterocycles. The highest BCUT2D eigenvalue weighted by Gasteiger charge is 2.26. The van der Waals surface area contributed by atoms with Gasteiger partial charge >= 0.3 is 0 Å². The number of primary amides is 1. The summed E-state index contributed by atoms with van der Waals surface area (Å²) < 4.78 is 13.8. The first kappa shape index (κ1) is 32.7. The zero-order valence-corrected chi connectivity index (χ0v) is 24.7. The summed E-state index contributed by atoms with van der Waals surface area (Å²) in [5.74, 6) is -2.12. The Bertz CT molecular complexity index is 1360. The quantitative estimate of drug-likeness (QED) is 0.254. The molecule has 0 unspecified atom stereocenters. The van der Waals surface area contributed by atoms with E-state index in [1.165, 1.54) is 35.2 Å². The number of carbonyl (C=O) groups excluding carboxylic acids is 3. The summed E-state index contributed by atoms with van der Waals surface area (Å²) in [5.41, 5.74) is 13.4. The van der Waals surface area contributed by atoms with Gasteiger partial charge in [-0.05, 0) is 66.8 Å². The van der Waals surface area contributed by atoms with Gasteiger partial charge in [-0.1, -0.05) is 55.8 Å². The largest absolute Gasteiger partial charge is 0.390 e. The number of nitrogens with two attached hydrogens (primary N) is 2. The van der Waals surface area contributed by atoms with Gasteiger partial charge in [-0.2, -0.15) is 0 Å². The first-order valence-electron chi connectivity index (χ1n) is 14.0. The minimum absolute atomic E-state index is 0.0250. The first-order valence-corrected chi connectivity index (χ1v) is 14.4. The van der Waals surface area contributed by atoms with Gasteiger partial charge in [-0.3, -0.25) is 14.4 Å². The van der Waals surface area contributed by atoms with Crippen LogP contribution in [0.3, 0.4) is 0 Å². The second kappa shape index (κ2) is 15.4. The van der Waals surface area contributed by atoms with E-state index in [2.05, 4.69) is 0 Å². The van der Waals surface area contributed by atoms with Crippen molar-refractivity contribution in [3.63, 3.8) is 0 Å². The molecule has 3 aromatic rings. The molecule has 8 nitrogen and oxygen atoms in total. The molecular formula is C32H38ClFN4O4. The predicted octanol–water partition coefficient (Wildman–Crippen LogP) is 4.41. The Hall–Kier alpha value is -3.79. The smallest absolute Gasteiger partial charge is 0.254 e. The molecule has 3 amide bonds. The number of hydrogen-bond donors (Lipinski definition) is 3. The molecule has 0 heterocycles. The molecule has 0 aliphatic heterocycles. The Morgan fingerprint density at radius 3 is 1.98 bits per heavy atom. The standard InChI is InChI=1S/C32H38ClFN4O4/c1-3-10-37(11-4-2)31(41)24-15-23(30(36)40)16-25(17-24)32(42)38(19-21-8-6-5-7-9-21)20-29(39)28(35)14-22-12-26(33)18-27(34)13-22/h5-9,12-13,15-18,28-29,39H,3-4,10-11,14,19-20,35H2,1-2H3,(H2,36,40)/t28-,29+/m0/s1. The highest BCUT2D eigenvalue weighted by molar-refractivity contribution is 6.30. The van der Waals surface area contributed by atoms with Crippen molar-refractivity contribution in [1.29, 1.82) is 0 Å². The summed E-state index contributed by atoms with van der Waals surface area (Å²) in [6.45, 7) is 4.93. The Labute approximate surface area is 251 Å². The maximum Gasteiger partial charge on any atom is 0.254 e. The van der Waals surface area contributed by atoms with E-state index in [-0.39, 0.29) is 47.1 Å². The third-order valence-corrected chi connectivity index (χ3v) is 7.00. The SMILES string of the molecule is CCCN(CCC)C(=O)c1cc(C(N)=O)cc(C(=O)N(Cc2ccccc2)C[C@@H](O)[C@@H](N)Cc2cc(F)cc(Cl)c2)c1. The van der Waals surface area contributed by atoms with Crippen molar-refractivity contribution < 1.29 is 23.9 Å². The molecule has 0 bridgehead atoms. The molecule has 5 N–H and O–H groups in total. The summed E-state index contributed by atoms with van der Waals surface area (Å²) in [4.78, 5) is 42.6. The minimum atomic E-state index is -1.19. The van der Waals surface area contributed by atoms with E-state index in [1.807, 2.05) is 44.2 Å². The fourth-order valence-electron chi connectivity index (χ4n) is 4.76. The Kier molecular flexibility index (Phi) is 12.0. The minimum Gasteiger partial charge on any atom is -0.390 e. The molecule has 0 fully saturated rings. The van der Waals surface area contributed by atoms with Crippen LogP contribution in [0.15, 0.2) is 66.7 Å². The maximum absolute atomic E-state index is 14.0. The van der Waals surface area contributed by atoms with Gasteiger partial charge in [-0.15, -0.1) is 0 Å². The van der Waals surface area contributed by atoms with Crippen LogP contribution >= 0.6 is 11.6 Å². The molecule has 3 rings (SSSR count). The third-order valence-electron chi connectivity index (χ3n) is 6.78. The average Bonchev–Trinajstić information content (AvgIpc) is 2.95. The lowest BCUT2D eigenvalue weighted by Crippen LogP contribution is -2.46. The number of aliphatic hydroxyl groups is 1. The average molecular weight is 597 g/mol. The summed E-state index contributed by atoms with van der Waals surface area (Å²) in [5, 5.41) is 11.3. The Balaban J connectivity index is 1.94. The van der Waals surface area contributed by atoms with E-state index in [1.54, 1.807) is 11.0 Å². The molecule has 224 valence electrons.